The molecule has 2 aliphatic rings. The maximum atomic E-state index is 12.4. The van der Waals surface area contributed by atoms with Gasteiger partial charge in [0.1, 0.15) is 6.04 Å². The van der Waals surface area contributed by atoms with Gasteiger partial charge in [-0.2, -0.15) is 0 Å². The Morgan fingerprint density at radius 1 is 1.24 bits per heavy atom. The summed E-state index contributed by atoms with van der Waals surface area (Å²) in [5.41, 5.74) is 0.933. The van der Waals surface area contributed by atoms with E-state index in [0.717, 1.165) is 18.4 Å². The van der Waals surface area contributed by atoms with E-state index in [1.54, 1.807) is 17.0 Å². The predicted octanol–water partition coefficient (Wildman–Crippen LogP) is 2.27. The van der Waals surface area contributed by atoms with Crippen LogP contribution in [0, 0.1) is 5.92 Å². The summed E-state index contributed by atoms with van der Waals surface area (Å²) in [6.45, 7) is 0.629. The van der Waals surface area contributed by atoms with Crippen LogP contribution in [0.25, 0.3) is 0 Å². The number of nitrogens with zero attached hydrogens (tertiary/aromatic N) is 1. The van der Waals surface area contributed by atoms with Crippen molar-refractivity contribution in [3.63, 3.8) is 0 Å². The van der Waals surface area contributed by atoms with Gasteiger partial charge in [-0.25, -0.2) is 0 Å². The van der Waals surface area contributed by atoms with Crippen LogP contribution in [0.3, 0.4) is 0 Å². The van der Waals surface area contributed by atoms with Gasteiger partial charge in [0.25, 0.3) is 0 Å². The number of nitrogens with one attached hydrogen (secondary N) is 1. The number of amides is 2. The molecule has 21 heavy (non-hydrogen) atoms. The van der Waals surface area contributed by atoms with Crippen molar-refractivity contribution in [2.24, 2.45) is 5.92 Å². The molecule has 3 rings (SSSR count). The van der Waals surface area contributed by atoms with Crippen LogP contribution >= 0.6 is 23.2 Å². The molecule has 1 heterocycles. The fraction of sp³-hybridized carbons (Fsp3) is 0.467. The molecule has 0 aromatic heterocycles. The zero-order chi connectivity index (χ0) is 15.0. The Hall–Kier alpha value is -1.26. The summed E-state index contributed by atoms with van der Waals surface area (Å²) >= 11 is 12.0. The minimum Gasteiger partial charge on any atom is -0.342 e. The Labute approximate surface area is 133 Å². The van der Waals surface area contributed by atoms with Gasteiger partial charge in [-0.3, -0.25) is 9.59 Å². The molecular formula is C15H16Cl2N2O2. The molecule has 1 atom stereocenters. The maximum absolute atomic E-state index is 12.4. The summed E-state index contributed by atoms with van der Waals surface area (Å²) in [6.07, 6.45) is 2.66. The minimum atomic E-state index is -0.327. The van der Waals surface area contributed by atoms with Gasteiger partial charge in [0, 0.05) is 16.6 Å². The molecule has 4 nitrogen and oxygen atoms in total. The van der Waals surface area contributed by atoms with E-state index in [4.69, 9.17) is 23.2 Å². The molecule has 1 aromatic rings. The third-order valence-corrected chi connectivity index (χ3v) is 4.58. The van der Waals surface area contributed by atoms with Crippen molar-refractivity contribution in [1.29, 1.82) is 0 Å². The molecule has 1 aliphatic carbocycles. The molecule has 0 spiro atoms. The van der Waals surface area contributed by atoms with Crippen molar-refractivity contribution < 1.29 is 9.59 Å². The van der Waals surface area contributed by atoms with Gasteiger partial charge in [0.05, 0.1) is 6.54 Å². The van der Waals surface area contributed by atoms with E-state index in [0.29, 0.717) is 28.9 Å². The highest BCUT2D eigenvalue weighted by Gasteiger charge is 2.42. The van der Waals surface area contributed by atoms with Crippen molar-refractivity contribution in [2.45, 2.75) is 25.3 Å². The Kier molecular flexibility index (Phi) is 4.09. The van der Waals surface area contributed by atoms with Crippen LogP contribution in [0.5, 0.6) is 0 Å². The van der Waals surface area contributed by atoms with E-state index in [2.05, 4.69) is 5.32 Å². The summed E-state index contributed by atoms with van der Waals surface area (Å²) in [5.74, 6) is 0.277. The largest absolute Gasteiger partial charge is 0.342 e. The first-order valence-corrected chi connectivity index (χ1v) is 7.82. The zero-order valence-electron chi connectivity index (χ0n) is 11.4. The van der Waals surface area contributed by atoms with Crippen molar-refractivity contribution in [1.82, 2.24) is 10.2 Å². The van der Waals surface area contributed by atoms with Gasteiger partial charge >= 0.3 is 0 Å². The van der Waals surface area contributed by atoms with E-state index in [1.807, 2.05) is 6.07 Å². The van der Waals surface area contributed by atoms with Crippen LogP contribution in [0.1, 0.15) is 18.4 Å². The van der Waals surface area contributed by atoms with Crippen molar-refractivity contribution in [3.05, 3.63) is 33.8 Å². The molecule has 1 saturated carbocycles. The highest BCUT2D eigenvalue weighted by atomic mass is 35.5. The van der Waals surface area contributed by atoms with Gasteiger partial charge < -0.3 is 10.2 Å². The topological polar surface area (TPSA) is 49.4 Å². The van der Waals surface area contributed by atoms with Crippen molar-refractivity contribution in [2.75, 3.05) is 13.1 Å². The number of hydrogen-bond acceptors (Lipinski definition) is 2. The molecule has 0 radical (unpaired) electrons. The van der Waals surface area contributed by atoms with Gasteiger partial charge in [-0.1, -0.05) is 29.3 Å². The van der Waals surface area contributed by atoms with Crippen LogP contribution in [0.2, 0.25) is 10.0 Å². The molecule has 1 aromatic carbocycles. The minimum absolute atomic E-state index is 0.0298. The van der Waals surface area contributed by atoms with E-state index in [-0.39, 0.29) is 24.4 Å². The number of benzene rings is 1. The zero-order valence-corrected chi connectivity index (χ0v) is 13.0. The monoisotopic (exact) mass is 326 g/mol. The first-order valence-electron chi connectivity index (χ1n) is 7.06. The summed E-state index contributed by atoms with van der Waals surface area (Å²) in [5, 5.41) is 3.98. The third kappa shape index (κ3) is 3.33. The van der Waals surface area contributed by atoms with E-state index in [1.165, 1.54) is 0 Å². The second-order valence-electron chi connectivity index (χ2n) is 5.63. The van der Waals surface area contributed by atoms with Crippen LogP contribution < -0.4 is 5.32 Å². The van der Waals surface area contributed by atoms with Crippen LogP contribution in [-0.2, 0) is 16.0 Å². The van der Waals surface area contributed by atoms with E-state index in [9.17, 15) is 9.59 Å². The number of hydrogen-bond donors (Lipinski definition) is 1. The summed E-state index contributed by atoms with van der Waals surface area (Å²) in [6, 6.07) is 5.00. The van der Waals surface area contributed by atoms with Gasteiger partial charge in [-0.15, -0.1) is 0 Å². The van der Waals surface area contributed by atoms with Gasteiger partial charge in [0.15, 0.2) is 0 Å². The second-order valence-corrected chi connectivity index (χ2v) is 6.47. The Balaban J connectivity index is 1.65. The lowest BCUT2D eigenvalue weighted by Gasteiger charge is -2.32. The third-order valence-electron chi connectivity index (χ3n) is 3.99. The van der Waals surface area contributed by atoms with E-state index >= 15 is 0 Å². The second kappa shape index (κ2) is 5.85. The molecule has 112 valence electrons. The molecule has 1 N–H and O–H groups in total. The highest BCUT2D eigenvalue weighted by Crippen LogP contribution is 2.34. The predicted molar refractivity (Wildman–Crippen MR) is 81.4 cm³/mol. The Bertz CT molecular complexity index is 587. The molecular weight excluding hydrogens is 311 g/mol. The van der Waals surface area contributed by atoms with E-state index < -0.39 is 0 Å². The van der Waals surface area contributed by atoms with Crippen molar-refractivity contribution >= 4 is 35.0 Å². The number of carbonyl (C=O) groups is 2. The van der Waals surface area contributed by atoms with Crippen LogP contribution in [-0.4, -0.2) is 35.8 Å². The van der Waals surface area contributed by atoms with Crippen molar-refractivity contribution in [3.8, 4) is 0 Å². The first-order chi connectivity index (χ1) is 10.0. The molecule has 1 aliphatic heterocycles. The molecule has 6 heteroatoms. The number of rotatable bonds is 4. The average Bonchev–Trinajstić information content (AvgIpc) is 3.25. The Morgan fingerprint density at radius 3 is 2.67 bits per heavy atom. The first kappa shape index (κ1) is 14.7. The SMILES string of the molecule is O=C1CN(CCc2ccc(Cl)cc2Cl)C(=O)C(C2CC2)N1. The average molecular weight is 327 g/mol. The summed E-state index contributed by atoms with van der Waals surface area (Å²) < 4.78 is 0. The smallest absolute Gasteiger partial charge is 0.245 e. The lowest BCUT2D eigenvalue weighted by molar-refractivity contribution is -0.144. The fourth-order valence-corrected chi connectivity index (χ4v) is 3.15. The molecule has 0 bridgehead atoms. The lowest BCUT2D eigenvalue weighted by Crippen LogP contribution is -2.59. The lowest BCUT2D eigenvalue weighted by atomic mass is 10.1. The summed E-state index contributed by atoms with van der Waals surface area (Å²) in [4.78, 5) is 25.7. The number of piperazine rings is 1. The normalized spacial score (nSPS) is 22.4. The molecule has 1 saturated heterocycles. The van der Waals surface area contributed by atoms with Gasteiger partial charge in [-0.05, 0) is 42.9 Å². The Morgan fingerprint density at radius 2 is 2.00 bits per heavy atom. The van der Waals surface area contributed by atoms with Crippen LogP contribution in [0.15, 0.2) is 18.2 Å². The quantitative estimate of drug-likeness (QED) is 0.922. The highest BCUT2D eigenvalue weighted by molar-refractivity contribution is 6.35. The summed E-state index contributed by atoms with van der Waals surface area (Å²) in [7, 11) is 0. The maximum Gasteiger partial charge on any atom is 0.245 e. The number of carbonyl (C=O) groups excluding carboxylic acids is 2. The number of halogens is 2. The standard InChI is InChI=1S/C15H16Cl2N2O2/c16-11-4-3-9(12(17)7-11)5-6-19-8-13(20)18-14(15(19)21)10-1-2-10/h3-4,7,10,14H,1-2,5-6,8H2,(H,18,20). The molecule has 2 amide bonds. The fourth-order valence-electron chi connectivity index (χ4n) is 2.65. The van der Waals surface area contributed by atoms with Gasteiger partial charge in [0.2, 0.25) is 11.8 Å². The van der Waals surface area contributed by atoms with Crippen LogP contribution in [0.4, 0.5) is 0 Å². The molecule has 2 fully saturated rings. The molecule has 1 unspecified atom stereocenters.